The number of hydrogen-bond donors (Lipinski definition) is 1. The number of aliphatic hydroxyl groups is 1. The van der Waals surface area contributed by atoms with E-state index in [1.54, 1.807) is 0 Å². The third-order valence-corrected chi connectivity index (χ3v) is 5.34. The zero-order valence-electron chi connectivity index (χ0n) is 12.7. The fourth-order valence-corrected chi connectivity index (χ4v) is 3.93. The summed E-state index contributed by atoms with van der Waals surface area (Å²) < 4.78 is 1.16. The Bertz CT molecular complexity index is 425. The molecule has 20 heavy (non-hydrogen) atoms. The van der Waals surface area contributed by atoms with Gasteiger partial charge in [-0.2, -0.15) is 0 Å². The van der Waals surface area contributed by atoms with E-state index in [0.29, 0.717) is 17.8 Å². The van der Waals surface area contributed by atoms with Crippen molar-refractivity contribution in [2.75, 3.05) is 13.6 Å². The Kier molecular flexibility index (Phi) is 5.65. The maximum Gasteiger partial charge on any atom is 0.0585 e. The molecule has 0 bridgehead atoms. The molecule has 1 aliphatic carbocycles. The van der Waals surface area contributed by atoms with Gasteiger partial charge in [0, 0.05) is 23.5 Å². The molecular formula is C17H26BrNO. The second-order valence-electron chi connectivity index (χ2n) is 6.57. The minimum atomic E-state index is -0.143. The Morgan fingerprint density at radius 2 is 1.95 bits per heavy atom. The molecule has 0 amide bonds. The zero-order chi connectivity index (χ0) is 14.7. The molecule has 3 heteroatoms. The zero-order valence-corrected chi connectivity index (χ0v) is 14.3. The van der Waals surface area contributed by atoms with Crippen molar-refractivity contribution >= 4 is 15.9 Å². The summed E-state index contributed by atoms with van der Waals surface area (Å²) in [5.74, 6) is 1.67. The molecule has 0 heterocycles. The third kappa shape index (κ3) is 4.06. The van der Waals surface area contributed by atoms with Crippen LogP contribution in [-0.4, -0.2) is 29.7 Å². The van der Waals surface area contributed by atoms with Crippen LogP contribution >= 0.6 is 15.9 Å². The summed E-state index contributed by atoms with van der Waals surface area (Å²) in [4.78, 5) is 2.33. The van der Waals surface area contributed by atoms with Crippen LogP contribution in [0.4, 0.5) is 0 Å². The van der Waals surface area contributed by atoms with Crippen LogP contribution in [0.2, 0.25) is 0 Å². The normalized spacial score (nSPS) is 30.7. The van der Waals surface area contributed by atoms with Crippen molar-refractivity contribution in [1.82, 2.24) is 4.90 Å². The lowest BCUT2D eigenvalue weighted by Gasteiger charge is -2.39. The second kappa shape index (κ2) is 7.06. The summed E-state index contributed by atoms with van der Waals surface area (Å²) in [6.07, 6.45) is 2.05. The molecule has 0 saturated heterocycles. The van der Waals surface area contributed by atoms with E-state index in [1.165, 1.54) is 12.0 Å². The van der Waals surface area contributed by atoms with Gasteiger partial charge >= 0.3 is 0 Å². The van der Waals surface area contributed by atoms with Crippen molar-refractivity contribution < 1.29 is 5.11 Å². The van der Waals surface area contributed by atoms with Crippen LogP contribution in [0.3, 0.4) is 0 Å². The van der Waals surface area contributed by atoms with Gasteiger partial charge in [-0.05, 0) is 43.4 Å². The van der Waals surface area contributed by atoms with Crippen LogP contribution in [-0.2, 0) is 6.54 Å². The number of benzene rings is 1. The molecule has 1 aromatic carbocycles. The number of nitrogens with zero attached hydrogens (tertiary/aromatic N) is 1. The average molecular weight is 340 g/mol. The topological polar surface area (TPSA) is 23.5 Å². The van der Waals surface area contributed by atoms with Crippen LogP contribution in [0.15, 0.2) is 28.7 Å². The van der Waals surface area contributed by atoms with E-state index in [1.807, 2.05) is 6.07 Å². The van der Waals surface area contributed by atoms with Gasteiger partial charge in [0.05, 0.1) is 6.10 Å². The molecule has 1 fully saturated rings. The predicted octanol–water partition coefficient (Wildman–Crippen LogP) is 3.92. The van der Waals surface area contributed by atoms with E-state index >= 15 is 0 Å². The van der Waals surface area contributed by atoms with Crippen molar-refractivity contribution in [2.24, 2.45) is 17.8 Å². The van der Waals surface area contributed by atoms with Crippen molar-refractivity contribution in [3.05, 3.63) is 34.3 Å². The van der Waals surface area contributed by atoms with Crippen LogP contribution in [0.5, 0.6) is 0 Å². The molecule has 112 valence electrons. The van der Waals surface area contributed by atoms with Crippen molar-refractivity contribution in [2.45, 2.75) is 39.3 Å². The summed E-state index contributed by atoms with van der Waals surface area (Å²) in [6, 6.07) is 8.36. The van der Waals surface area contributed by atoms with Crippen molar-refractivity contribution in [1.29, 1.82) is 0 Å². The lowest BCUT2D eigenvalue weighted by Crippen LogP contribution is -2.41. The first kappa shape index (κ1) is 16.0. The largest absolute Gasteiger partial charge is 0.393 e. The van der Waals surface area contributed by atoms with E-state index < -0.39 is 0 Å². The Balaban J connectivity index is 1.94. The highest BCUT2D eigenvalue weighted by atomic mass is 79.9. The molecule has 1 saturated carbocycles. The van der Waals surface area contributed by atoms with Gasteiger partial charge in [-0.25, -0.2) is 0 Å². The standard InChI is InChI=1S/C17H26BrNO/c1-12-8-13(2)15(17(20)9-12)11-19(3)10-14-6-4-5-7-16(14)18/h4-7,12-13,15,17,20H,8-11H2,1-3H3. The summed E-state index contributed by atoms with van der Waals surface area (Å²) in [6.45, 7) is 6.43. The molecular weight excluding hydrogens is 314 g/mol. The Hall–Kier alpha value is -0.380. The summed E-state index contributed by atoms with van der Waals surface area (Å²) in [5.41, 5.74) is 1.31. The smallest absolute Gasteiger partial charge is 0.0585 e. The highest BCUT2D eigenvalue weighted by Gasteiger charge is 2.33. The van der Waals surface area contributed by atoms with E-state index in [-0.39, 0.29) is 6.10 Å². The SMILES string of the molecule is CC1CC(C)C(CN(C)Cc2ccccc2Br)C(O)C1. The average Bonchev–Trinajstić information content (AvgIpc) is 2.36. The molecule has 4 unspecified atom stereocenters. The van der Waals surface area contributed by atoms with Gasteiger partial charge in [0.1, 0.15) is 0 Å². The van der Waals surface area contributed by atoms with Gasteiger partial charge in [0.25, 0.3) is 0 Å². The van der Waals surface area contributed by atoms with Crippen molar-refractivity contribution in [3.63, 3.8) is 0 Å². The Labute approximate surface area is 131 Å². The van der Waals surface area contributed by atoms with Gasteiger partial charge in [0.15, 0.2) is 0 Å². The molecule has 0 spiro atoms. The van der Waals surface area contributed by atoms with Crippen molar-refractivity contribution in [3.8, 4) is 0 Å². The number of hydrogen-bond acceptors (Lipinski definition) is 2. The molecule has 4 atom stereocenters. The van der Waals surface area contributed by atoms with Crippen LogP contribution < -0.4 is 0 Å². The number of rotatable bonds is 4. The number of aliphatic hydroxyl groups excluding tert-OH is 1. The minimum Gasteiger partial charge on any atom is -0.393 e. The Morgan fingerprint density at radius 1 is 1.25 bits per heavy atom. The molecule has 2 rings (SSSR count). The van der Waals surface area contributed by atoms with Crippen LogP contribution in [0.1, 0.15) is 32.3 Å². The van der Waals surface area contributed by atoms with E-state index in [2.05, 4.69) is 59.9 Å². The number of halogens is 1. The Morgan fingerprint density at radius 3 is 2.60 bits per heavy atom. The summed E-state index contributed by atoms with van der Waals surface area (Å²) >= 11 is 3.61. The quantitative estimate of drug-likeness (QED) is 0.898. The highest BCUT2D eigenvalue weighted by molar-refractivity contribution is 9.10. The van der Waals surface area contributed by atoms with E-state index in [4.69, 9.17) is 0 Å². The van der Waals surface area contributed by atoms with Gasteiger partial charge in [-0.3, -0.25) is 0 Å². The summed E-state index contributed by atoms with van der Waals surface area (Å²) in [7, 11) is 2.15. The molecule has 1 aliphatic rings. The van der Waals surface area contributed by atoms with Crippen LogP contribution in [0, 0.1) is 17.8 Å². The van der Waals surface area contributed by atoms with E-state index in [9.17, 15) is 5.11 Å². The van der Waals surface area contributed by atoms with Gasteiger partial charge in [-0.15, -0.1) is 0 Å². The van der Waals surface area contributed by atoms with Crippen LogP contribution in [0.25, 0.3) is 0 Å². The van der Waals surface area contributed by atoms with Gasteiger partial charge < -0.3 is 10.0 Å². The lowest BCUT2D eigenvalue weighted by molar-refractivity contribution is 0.000574. The lowest BCUT2D eigenvalue weighted by atomic mass is 9.73. The first-order valence-corrected chi connectivity index (χ1v) is 8.36. The molecule has 2 nitrogen and oxygen atoms in total. The third-order valence-electron chi connectivity index (χ3n) is 4.56. The maximum absolute atomic E-state index is 10.3. The maximum atomic E-state index is 10.3. The van der Waals surface area contributed by atoms with Gasteiger partial charge in [-0.1, -0.05) is 48.0 Å². The highest BCUT2D eigenvalue weighted by Crippen LogP contribution is 2.34. The molecule has 0 radical (unpaired) electrons. The molecule has 0 aromatic heterocycles. The first-order chi connectivity index (χ1) is 9.47. The monoisotopic (exact) mass is 339 g/mol. The fraction of sp³-hybridized carbons (Fsp3) is 0.647. The first-order valence-electron chi connectivity index (χ1n) is 7.57. The minimum absolute atomic E-state index is 0.143. The predicted molar refractivity (Wildman–Crippen MR) is 87.5 cm³/mol. The van der Waals surface area contributed by atoms with E-state index in [0.717, 1.165) is 24.0 Å². The molecule has 1 aromatic rings. The second-order valence-corrected chi connectivity index (χ2v) is 7.43. The fourth-order valence-electron chi connectivity index (χ4n) is 3.52. The molecule has 1 N–H and O–H groups in total. The summed E-state index contributed by atoms with van der Waals surface area (Å²) in [5, 5.41) is 10.3. The molecule has 0 aliphatic heterocycles. The van der Waals surface area contributed by atoms with Gasteiger partial charge in [0.2, 0.25) is 0 Å².